The molecule has 1 fully saturated rings. The fourth-order valence-electron chi connectivity index (χ4n) is 3.28. The zero-order chi connectivity index (χ0) is 17.4. The van der Waals surface area contributed by atoms with Gasteiger partial charge in [-0.3, -0.25) is 9.78 Å². The third-order valence-corrected chi connectivity index (χ3v) is 4.73. The molecule has 0 bridgehead atoms. The number of aryl methyl sites for hydroxylation is 2. The van der Waals surface area contributed by atoms with Gasteiger partial charge in [0.15, 0.2) is 0 Å². The molecule has 5 nitrogen and oxygen atoms in total. The van der Waals surface area contributed by atoms with E-state index in [4.69, 9.17) is 0 Å². The van der Waals surface area contributed by atoms with Crippen LogP contribution < -0.4 is 5.32 Å². The van der Waals surface area contributed by atoms with Crippen LogP contribution in [0.1, 0.15) is 29.0 Å². The van der Waals surface area contributed by atoms with Gasteiger partial charge in [-0.2, -0.15) is 5.10 Å². The van der Waals surface area contributed by atoms with E-state index in [1.54, 1.807) is 23.3 Å². The minimum Gasteiger partial charge on any atom is -0.323 e. The van der Waals surface area contributed by atoms with Crippen LogP contribution in [0.15, 0.2) is 55.1 Å². The SMILES string of the molecule is Cc1cnn(-c2ccncc2NC(=O)[C@@H]2C[C@@H]2c2ccccc2C)c1. The van der Waals surface area contributed by atoms with Gasteiger partial charge < -0.3 is 5.32 Å². The molecule has 3 aromatic rings. The summed E-state index contributed by atoms with van der Waals surface area (Å²) in [5.74, 6) is 0.383. The van der Waals surface area contributed by atoms with Crippen molar-refractivity contribution in [3.63, 3.8) is 0 Å². The van der Waals surface area contributed by atoms with Crippen molar-refractivity contribution < 1.29 is 4.79 Å². The Morgan fingerprint density at radius 1 is 1.20 bits per heavy atom. The lowest BCUT2D eigenvalue weighted by atomic mass is 10.0. The molecular weight excluding hydrogens is 312 g/mol. The molecule has 4 rings (SSSR count). The number of nitrogens with zero attached hydrogens (tertiary/aromatic N) is 3. The topological polar surface area (TPSA) is 59.8 Å². The maximum absolute atomic E-state index is 12.7. The Morgan fingerprint density at radius 3 is 2.80 bits per heavy atom. The third kappa shape index (κ3) is 3.05. The summed E-state index contributed by atoms with van der Waals surface area (Å²) >= 11 is 0. The number of benzene rings is 1. The van der Waals surface area contributed by atoms with Crippen molar-refractivity contribution in [2.45, 2.75) is 26.2 Å². The molecule has 0 aliphatic heterocycles. The molecule has 1 N–H and O–H groups in total. The second-order valence-corrected chi connectivity index (χ2v) is 6.65. The Bertz CT molecular complexity index is 931. The largest absolute Gasteiger partial charge is 0.323 e. The average molecular weight is 332 g/mol. The van der Waals surface area contributed by atoms with E-state index in [0.717, 1.165) is 17.7 Å². The zero-order valence-corrected chi connectivity index (χ0v) is 14.3. The van der Waals surface area contributed by atoms with Crippen molar-refractivity contribution in [2.24, 2.45) is 5.92 Å². The molecule has 0 unspecified atom stereocenters. The minimum absolute atomic E-state index is 0.0218. The molecule has 126 valence electrons. The minimum atomic E-state index is 0.0218. The first-order chi connectivity index (χ1) is 12.1. The lowest BCUT2D eigenvalue weighted by molar-refractivity contribution is -0.117. The van der Waals surface area contributed by atoms with Crippen LogP contribution in [0.3, 0.4) is 0 Å². The summed E-state index contributed by atoms with van der Waals surface area (Å²) in [6.07, 6.45) is 8.00. The Balaban J connectivity index is 1.52. The molecule has 1 amide bonds. The van der Waals surface area contributed by atoms with Gasteiger partial charge in [-0.15, -0.1) is 0 Å². The summed E-state index contributed by atoms with van der Waals surface area (Å²) in [6.45, 7) is 4.09. The number of carbonyl (C=O) groups excluding carboxylic acids is 1. The van der Waals surface area contributed by atoms with Crippen molar-refractivity contribution in [3.05, 3.63) is 71.8 Å². The summed E-state index contributed by atoms with van der Waals surface area (Å²) in [7, 11) is 0. The molecule has 5 heteroatoms. The predicted molar refractivity (Wildman–Crippen MR) is 96.8 cm³/mol. The molecule has 2 atom stereocenters. The first-order valence-electron chi connectivity index (χ1n) is 8.45. The van der Waals surface area contributed by atoms with Crippen LogP contribution in [0.2, 0.25) is 0 Å². The van der Waals surface area contributed by atoms with Gasteiger partial charge in [0.05, 0.1) is 23.8 Å². The molecule has 1 aliphatic rings. The van der Waals surface area contributed by atoms with Crippen molar-refractivity contribution in [3.8, 4) is 5.69 Å². The number of hydrogen-bond acceptors (Lipinski definition) is 3. The Kier molecular flexibility index (Phi) is 3.84. The van der Waals surface area contributed by atoms with Crippen LogP contribution in [-0.4, -0.2) is 20.7 Å². The molecule has 1 aromatic carbocycles. The lowest BCUT2D eigenvalue weighted by Gasteiger charge is -2.11. The highest BCUT2D eigenvalue weighted by atomic mass is 16.2. The Hall–Kier alpha value is -2.95. The molecule has 25 heavy (non-hydrogen) atoms. The summed E-state index contributed by atoms with van der Waals surface area (Å²) in [5, 5.41) is 7.36. The van der Waals surface area contributed by atoms with E-state index in [9.17, 15) is 4.79 Å². The van der Waals surface area contributed by atoms with Gasteiger partial charge >= 0.3 is 0 Å². The average Bonchev–Trinajstić information content (AvgIpc) is 3.29. The molecular formula is C20H20N4O. The van der Waals surface area contributed by atoms with Crippen molar-refractivity contribution in [1.82, 2.24) is 14.8 Å². The highest BCUT2D eigenvalue weighted by Gasteiger charge is 2.44. The predicted octanol–water partition coefficient (Wildman–Crippen LogP) is 3.63. The highest BCUT2D eigenvalue weighted by molar-refractivity contribution is 5.96. The monoisotopic (exact) mass is 332 g/mol. The van der Waals surface area contributed by atoms with Crippen LogP contribution in [0.4, 0.5) is 5.69 Å². The van der Waals surface area contributed by atoms with Gasteiger partial charge in [0.1, 0.15) is 0 Å². The molecule has 0 spiro atoms. The van der Waals surface area contributed by atoms with Crippen LogP contribution >= 0.6 is 0 Å². The van der Waals surface area contributed by atoms with Crippen LogP contribution in [-0.2, 0) is 4.79 Å². The molecule has 1 saturated carbocycles. The number of anilines is 1. The van der Waals surface area contributed by atoms with Gasteiger partial charge in [-0.05, 0) is 48.9 Å². The first-order valence-corrected chi connectivity index (χ1v) is 8.45. The second kappa shape index (κ2) is 6.16. The quantitative estimate of drug-likeness (QED) is 0.794. The van der Waals surface area contributed by atoms with E-state index >= 15 is 0 Å². The van der Waals surface area contributed by atoms with Gasteiger partial charge in [-0.1, -0.05) is 24.3 Å². The Morgan fingerprint density at radius 2 is 2.04 bits per heavy atom. The normalized spacial score (nSPS) is 18.8. The van der Waals surface area contributed by atoms with E-state index in [0.29, 0.717) is 11.6 Å². The third-order valence-electron chi connectivity index (χ3n) is 4.73. The molecule has 2 heterocycles. The highest BCUT2D eigenvalue weighted by Crippen LogP contribution is 2.49. The number of carbonyl (C=O) groups is 1. The number of rotatable bonds is 4. The molecule has 0 saturated heterocycles. The van der Waals surface area contributed by atoms with E-state index in [1.165, 1.54) is 11.1 Å². The van der Waals surface area contributed by atoms with Gasteiger partial charge in [0, 0.05) is 18.3 Å². The summed E-state index contributed by atoms with van der Waals surface area (Å²) < 4.78 is 1.76. The van der Waals surface area contributed by atoms with E-state index < -0.39 is 0 Å². The number of nitrogens with one attached hydrogen (secondary N) is 1. The Labute approximate surface area is 146 Å². The summed E-state index contributed by atoms with van der Waals surface area (Å²) in [5.41, 5.74) is 5.10. The zero-order valence-electron chi connectivity index (χ0n) is 14.3. The summed E-state index contributed by atoms with van der Waals surface area (Å²) in [4.78, 5) is 16.8. The second-order valence-electron chi connectivity index (χ2n) is 6.65. The van der Waals surface area contributed by atoms with Crippen LogP contribution in [0.5, 0.6) is 0 Å². The maximum Gasteiger partial charge on any atom is 0.228 e. The molecule has 1 aliphatic carbocycles. The van der Waals surface area contributed by atoms with E-state index in [-0.39, 0.29) is 11.8 Å². The number of amides is 1. The van der Waals surface area contributed by atoms with Crippen molar-refractivity contribution in [2.75, 3.05) is 5.32 Å². The van der Waals surface area contributed by atoms with Gasteiger partial charge in [0.2, 0.25) is 5.91 Å². The molecule has 2 aromatic heterocycles. The van der Waals surface area contributed by atoms with Crippen molar-refractivity contribution >= 4 is 11.6 Å². The van der Waals surface area contributed by atoms with E-state index in [1.807, 2.05) is 31.3 Å². The van der Waals surface area contributed by atoms with Crippen molar-refractivity contribution in [1.29, 1.82) is 0 Å². The van der Waals surface area contributed by atoms with Gasteiger partial charge in [-0.25, -0.2) is 4.68 Å². The standard InChI is InChI=1S/C20H20N4O/c1-13-10-22-24(12-13)19-7-8-21-11-18(19)23-20(25)17-9-16(17)15-6-4-3-5-14(15)2/h3-8,10-12,16-17H,9H2,1-2H3,(H,23,25)/t16-,17-/m1/s1. The first kappa shape index (κ1) is 15.6. The van der Waals surface area contributed by atoms with Crippen LogP contribution in [0, 0.1) is 19.8 Å². The van der Waals surface area contributed by atoms with Gasteiger partial charge in [0.25, 0.3) is 0 Å². The smallest absolute Gasteiger partial charge is 0.228 e. The summed E-state index contributed by atoms with van der Waals surface area (Å²) in [6, 6.07) is 10.1. The molecule has 0 radical (unpaired) electrons. The fourth-order valence-corrected chi connectivity index (χ4v) is 3.28. The maximum atomic E-state index is 12.7. The lowest BCUT2D eigenvalue weighted by Crippen LogP contribution is -2.16. The number of aromatic nitrogens is 3. The number of hydrogen-bond donors (Lipinski definition) is 1. The van der Waals surface area contributed by atoms with Crippen LogP contribution in [0.25, 0.3) is 5.69 Å². The van der Waals surface area contributed by atoms with E-state index in [2.05, 4.69) is 34.5 Å². The number of pyridine rings is 1. The fraction of sp³-hybridized carbons (Fsp3) is 0.250.